The Bertz CT molecular complexity index is 564. The van der Waals surface area contributed by atoms with Crippen LogP contribution in [0.15, 0.2) is 18.2 Å². The molecule has 1 aliphatic heterocycles. The van der Waals surface area contributed by atoms with Gasteiger partial charge in [-0.3, -0.25) is 0 Å². The molecule has 0 aromatic heterocycles. The van der Waals surface area contributed by atoms with E-state index in [9.17, 15) is 4.79 Å². The summed E-state index contributed by atoms with van der Waals surface area (Å²) in [5.74, 6) is 2.14. The van der Waals surface area contributed by atoms with Crippen LogP contribution in [-0.2, 0) is 0 Å². The maximum Gasteiger partial charge on any atom is 0.319 e. The van der Waals surface area contributed by atoms with Gasteiger partial charge in [-0.1, -0.05) is 0 Å². The highest BCUT2D eigenvalue weighted by molar-refractivity contribution is 7.99. The van der Waals surface area contributed by atoms with Gasteiger partial charge in [-0.05, 0) is 37.6 Å². The number of benzene rings is 1. The van der Waals surface area contributed by atoms with E-state index in [1.165, 1.54) is 17.2 Å². The molecule has 2 N–H and O–H groups in total. The number of carbonyl (C=O) groups is 1. The van der Waals surface area contributed by atoms with Gasteiger partial charge in [-0.2, -0.15) is 17.0 Å². The molecule has 22 heavy (non-hydrogen) atoms. The number of nitriles is 1. The number of amides is 2. The van der Waals surface area contributed by atoms with Crippen LogP contribution in [0.5, 0.6) is 0 Å². The fourth-order valence-electron chi connectivity index (χ4n) is 2.26. The Balaban J connectivity index is 1.94. The van der Waals surface area contributed by atoms with Crippen molar-refractivity contribution in [1.82, 2.24) is 5.32 Å². The largest absolute Gasteiger partial charge is 0.370 e. The van der Waals surface area contributed by atoms with E-state index in [0.717, 1.165) is 24.3 Å². The first-order chi connectivity index (χ1) is 10.6. The highest BCUT2D eigenvalue weighted by Crippen LogP contribution is 2.24. The maximum atomic E-state index is 11.8. The number of urea groups is 1. The lowest BCUT2D eigenvalue weighted by molar-refractivity contribution is 0.251. The number of aryl methyl sites for hydroxylation is 1. The van der Waals surface area contributed by atoms with Gasteiger partial charge in [0, 0.05) is 42.5 Å². The third kappa shape index (κ3) is 4.57. The molecule has 1 saturated heterocycles. The van der Waals surface area contributed by atoms with Crippen LogP contribution in [0.2, 0.25) is 0 Å². The summed E-state index contributed by atoms with van der Waals surface area (Å²) in [4.78, 5) is 14.2. The van der Waals surface area contributed by atoms with E-state index in [4.69, 9.17) is 5.26 Å². The second-order valence-electron chi connectivity index (χ2n) is 5.46. The molecule has 0 radical (unpaired) electrons. The van der Waals surface area contributed by atoms with Gasteiger partial charge in [0.25, 0.3) is 0 Å². The van der Waals surface area contributed by atoms with Crippen molar-refractivity contribution in [3.63, 3.8) is 0 Å². The minimum absolute atomic E-state index is 0.189. The Labute approximate surface area is 136 Å². The highest BCUT2D eigenvalue weighted by atomic mass is 32.2. The minimum atomic E-state index is -0.271. The summed E-state index contributed by atoms with van der Waals surface area (Å²) in [5, 5.41) is 14.2. The van der Waals surface area contributed by atoms with Crippen molar-refractivity contribution in [2.24, 2.45) is 5.92 Å². The molecule has 0 spiro atoms. The Morgan fingerprint density at radius 2 is 2.18 bits per heavy atom. The fourth-order valence-corrected chi connectivity index (χ4v) is 3.17. The Morgan fingerprint density at radius 1 is 1.45 bits per heavy atom. The number of nitrogens with one attached hydrogen (secondary N) is 2. The van der Waals surface area contributed by atoms with E-state index in [-0.39, 0.29) is 11.9 Å². The average Bonchev–Trinajstić information content (AvgIpc) is 2.55. The number of anilines is 2. The third-order valence-corrected chi connectivity index (χ3v) is 4.57. The summed E-state index contributed by atoms with van der Waals surface area (Å²) in [6.45, 7) is 6.27. The van der Waals surface area contributed by atoms with E-state index in [1.807, 2.05) is 24.8 Å². The summed E-state index contributed by atoms with van der Waals surface area (Å²) in [6.07, 6.45) is 0. The average molecular weight is 318 g/mol. The summed E-state index contributed by atoms with van der Waals surface area (Å²) in [7, 11) is 0. The fraction of sp³-hybridized carbons (Fsp3) is 0.500. The van der Waals surface area contributed by atoms with E-state index in [0.29, 0.717) is 6.54 Å². The van der Waals surface area contributed by atoms with Crippen LogP contribution in [0.1, 0.15) is 12.5 Å². The van der Waals surface area contributed by atoms with Crippen LogP contribution in [0.25, 0.3) is 0 Å². The molecule has 1 fully saturated rings. The second-order valence-corrected chi connectivity index (χ2v) is 6.69. The first-order valence-corrected chi connectivity index (χ1v) is 8.63. The molecule has 0 aliphatic carbocycles. The van der Waals surface area contributed by atoms with Crippen molar-refractivity contribution in [2.75, 3.05) is 41.4 Å². The van der Waals surface area contributed by atoms with Crippen LogP contribution >= 0.6 is 11.8 Å². The number of thioether (sulfide) groups is 1. The smallest absolute Gasteiger partial charge is 0.319 e. The van der Waals surface area contributed by atoms with Gasteiger partial charge in [0.2, 0.25) is 0 Å². The number of rotatable bonds is 4. The van der Waals surface area contributed by atoms with Crippen LogP contribution in [0, 0.1) is 24.2 Å². The zero-order valence-electron chi connectivity index (χ0n) is 13.1. The Morgan fingerprint density at radius 3 is 2.82 bits per heavy atom. The van der Waals surface area contributed by atoms with Gasteiger partial charge in [-0.25, -0.2) is 4.79 Å². The molecule has 118 valence electrons. The quantitative estimate of drug-likeness (QED) is 0.896. The molecule has 1 unspecified atom stereocenters. The monoisotopic (exact) mass is 318 g/mol. The lowest BCUT2D eigenvalue weighted by Crippen LogP contribution is -2.33. The van der Waals surface area contributed by atoms with Gasteiger partial charge in [-0.15, -0.1) is 0 Å². The van der Waals surface area contributed by atoms with Crippen LogP contribution < -0.4 is 15.5 Å². The van der Waals surface area contributed by atoms with Crippen molar-refractivity contribution in [3.8, 4) is 6.07 Å². The summed E-state index contributed by atoms with van der Waals surface area (Å²) in [6, 6.07) is 7.93. The number of hydrogen-bond donors (Lipinski definition) is 2. The van der Waals surface area contributed by atoms with E-state index < -0.39 is 0 Å². The molecule has 2 amide bonds. The van der Waals surface area contributed by atoms with Crippen molar-refractivity contribution in [1.29, 1.82) is 5.26 Å². The van der Waals surface area contributed by atoms with Crippen molar-refractivity contribution in [3.05, 3.63) is 23.8 Å². The van der Waals surface area contributed by atoms with Crippen LogP contribution in [0.3, 0.4) is 0 Å². The molecule has 2 rings (SSSR count). The molecule has 1 atom stereocenters. The van der Waals surface area contributed by atoms with Crippen molar-refractivity contribution in [2.45, 2.75) is 13.8 Å². The zero-order chi connectivity index (χ0) is 15.9. The first kappa shape index (κ1) is 16.5. The van der Waals surface area contributed by atoms with Gasteiger partial charge in [0.15, 0.2) is 0 Å². The normalized spacial score (nSPS) is 15.8. The van der Waals surface area contributed by atoms with Gasteiger partial charge >= 0.3 is 6.03 Å². The standard InChI is InChI=1S/C16H22N4OS/c1-12(10-17)11-18-16(21)19-15-4-3-14(9-13(15)2)20-5-7-22-8-6-20/h3-4,9,12H,5-8,11H2,1-2H3,(H2,18,19,21). The highest BCUT2D eigenvalue weighted by Gasteiger charge is 2.13. The lowest BCUT2D eigenvalue weighted by atomic mass is 10.1. The van der Waals surface area contributed by atoms with Crippen molar-refractivity contribution < 1.29 is 4.79 Å². The molecule has 0 saturated carbocycles. The molecule has 0 bridgehead atoms. The summed E-state index contributed by atoms with van der Waals surface area (Å²) in [5.41, 5.74) is 3.05. The molecular formula is C16H22N4OS. The number of carbonyl (C=O) groups excluding carboxylic acids is 1. The predicted octanol–water partition coefficient (Wildman–Crippen LogP) is 2.83. The minimum Gasteiger partial charge on any atom is -0.370 e. The van der Waals surface area contributed by atoms with Crippen LogP contribution in [-0.4, -0.2) is 37.2 Å². The third-order valence-electron chi connectivity index (χ3n) is 3.62. The van der Waals surface area contributed by atoms with E-state index >= 15 is 0 Å². The van der Waals surface area contributed by atoms with E-state index in [2.05, 4.69) is 33.7 Å². The van der Waals surface area contributed by atoms with Gasteiger partial charge < -0.3 is 15.5 Å². The SMILES string of the molecule is Cc1cc(N2CCSCC2)ccc1NC(=O)NCC(C)C#N. The second kappa shape index (κ2) is 7.95. The number of nitrogens with zero attached hydrogens (tertiary/aromatic N) is 2. The molecule has 5 nitrogen and oxygen atoms in total. The summed E-state index contributed by atoms with van der Waals surface area (Å²) < 4.78 is 0. The first-order valence-electron chi connectivity index (χ1n) is 7.48. The molecular weight excluding hydrogens is 296 g/mol. The molecule has 1 aromatic rings. The number of hydrogen-bond acceptors (Lipinski definition) is 4. The van der Waals surface area contributed by atoms with Crippen LogP contribution in [0.4, 0.5) is 16.2 Å². The predicted molar refractivity (Wildman–Crippen MR) is 92.5 cm³/mol. The molecule has 6 heteroatoms. The Kier molecular flexibility index (Phi) is 5.96. The van der Waals surface area contributed by atoms with Crippen molar-refractivity contribution >= 4 is 29.2 Å². The lowest BCUT2D eigenvalue weighted by Gasteiger charge is -2.29. The van der Waals surface area contributed by atoms with E-state index in [1.54, 1.807) is 6.92 Å². The molecule has 1 aliphatic rings. The van der Waals surface area contributed by atoms with Gasteiger partial charge in [0.1, 0.15) is 0 Å². The molecule has 1 heterocycles. The Hall–Kier alpha value is -1.87. The topological polar surface area (TPSA) is 68.2 Å². The summed E-state index contributed by atoms with van der Waals surface area (Å²) >= 11 is 1.99. The molecule has 1 aromatic carbocycles. The maximum absolute atomic E-state index is 11.8. The van der Waals surface area contributed by atoms with Gasteiger partial charge in [0.05, 0.1) is 12.0 Å². The zero-order valence-corrected chi connectivity index (χ0v) is 13.9.